The summed E-state index contributed by atoms with van der Waals surface area (Å²) in [6.45, 7) is 5.02. The summed E-state index contributed by atoms with van der Waals surface area (Å²) in [7, 11) is 0. The fraction of sp³-hybridized carbons (Fsp3) is 0.222. The van der Waals surface area contributed by atoms with Crippen molar-refractivity contribution in [3.8, 4) is 22.4 Å². The van der Waals surface area contributed by atoms with Crippen LogP contribution in [0.4, 0.5) is 10.3 Å². The van der Waals surface area contributed by atoms with Gasteiger partial charge >= 0.3 is 0 Å². The van der Waals surface area contributed by atoms with Crippen LogP contribution in [0.5, 0.6) is 0 Å². The van der Waals surface area contributed by atoms with E-state index in [1.807, 2.05) is 18.2 Å². The van der Waals surface area contributed by atoms with Crippen LogP contribution in [0.15, 0.2) is 85.3 Å². The lowest BCUT2D eigenvalue weighted by molar-refractivity contribution is 0.460. The number of rotatable bonds is 9. The second kappa shape index (κ2) is 12.2. The van der Waals surface area contributed by atoms with Gasteiger partial charge < -0.3 is 10.6 Å². The van der Waals surface area contributed by atoms with Crippen LogP contribution in [0.2, 0.25) is 0 Å². The summed E-state index contributed by atoms with van der Waals surface area (Å²) in [4.78, 5) is 13.5. The maximum absolute atomic E-state index is 13.4. The molecule has 0 aliphatic rings. The molecular formula is C27H29ClFN5. The Hall–Kier alpha value is -3.35. The fourth-order valence-corrected chi connectivity index (χ4v) is 3.80. The minimum atomic E-state index is -0.272. The van der Waals surface area contributed by atoms with Crippen molar-refractivity contribution in [3.05, 3.63) is 96.7 Å². The van der Waals surface area contributed by atoms with Crippen LogP contribution in [0, 0.1) is 5.82 Å². The monoisotopic (exact) mass is 477 g/mol. The average Bonchev–Trinajstić information content (AvgIpc) is 2.85. The summed E-state index contributed by atoms with van der Waals surface area (Å²) >= 11 is 0. The molecule has 0 aliphatic carbocycles. The molecule has 0 aliphatic heterocycles. The molecule has 0 saturated heterocycles. The van der Waals surface area contributed by atoms with Gasteiger partial charge in [0.05, 0.1) is 5.69 Å². The zero-order chi connectivity index (χ0) is 23.0. The number of anilines is 1. The van der Waals surface area contributed by atoms with E-state index in [4.69, 9.17) is 4.98 Å². The van der Waals surface area contributed by atoms with E-state index in [-0.39, 0.29) is 24.3 Å². The van der Waals surface area contributed by atoms with E-state index < -0.39 is 0 Å². The number of hydrogen-bond acceptors (Lipinski definition) is 5. The van der Waals surface area contributed by atoms with Gasteiger partial charge in [-0.15, -0.1) is 12.4 Å². The molecule has 2 N–H and O–H groups in total. The predicted octanol–water partition coefficient (Wildman–Crippen LogP) is 6.31. The predicted molar refractivity (Wildman–Crippen MR) is 138 cm³/mol. The van der Waals surface area contributed by atoms with Crippen molar-refractivity contribution >= 4 is 18.4 Å². The number of nitrogens with one attached hydrogen (secondary N) is 2. The van der Waals surface area contributed by atoms with Gasteiger partial charge in [0.25, 0.3) is 0 Å². The zero-order valence-corrected chi connectivity index (χ0v) is 20.1. The average molecular weight is 478 g/mol. The Balaban J connectivity index is 0.00000324. The third-order valence-corrected chi connectivity index (χ3v) is 5.35. The number of aromatic nitrogens is 3. The van der Waals surface area contributed by atoms with E-state index in [1.54, 1.807) is 30.7 Å². The van der Waals surface area contributed by atoms with Crippen LogP contribution in [-0.2, 0) is 0 Å². The molecule has 1 unspecified atom stereocenters. The van der Waals surface area contributed by atoms with E-state index >= 15 is 0 Å². The molecule has 176 valence electrons. The normalized spacial score (nSPS) is 11.6. The zero-order valence-electron chi connectivity index (χ0n) is 19.3. The summed E-state index contributed by atoms with van der Waals surface area (Å²) < 4.78 is 13.4. The Bertz CT molecular complexity index is 1150. The van der Waals surface area contributed by atoms with E-state index in [9.17, 15) is 4.39 Å². The highest BCUT2D eigenvalue weighted by Crippen LogP contribution is 2.30. The van der Waals surface area contributed by atoms with Crippen LogP contribution in [0.3, 0.4) is 0 Å². The van der Waals surface area contributed by atoms with Crippen molar-refractivity contribution in [2.24, 2.45) is 0 Å². The Morgan fingerprint density at radius 3 is 2.26 bits per heavy atom. The van der Waals surface area contributed by atoms with Gasteiger partial charge in [-0.1, -0.05) is 56.3 Å². The van der Waals surface area contributed by atoms with Crippen molar-refractivity contribution in [2.75, 3.05) is 11.9 Å². The molecule has 0 bridgehead atoms. The van der Waals surface area contributed by atoms with Crippen LogP contribution in [0.25, 0.3) is 22.4 Å². The minimum Gasteiger partial charge on any atom is -0.354 e. The van der Waals surface area contributed by atoms with Crippen molar-refractivity contribution in [1.29, 1.82) is 0 Å². The lowest BCUT2D eigenvalue weighted by Crippen LogP contribution is -2.29. The maximum Gasteiger partial charge on any atom is 0.223 e. The molecule has 0 amide bonds. The van der Waals surface area contributed by atoms with Crippen molar-refractivity contribution in [1.82, 2.24) is 20.3 Å². The Kier molecular flexibility index (Phi) is 9.08. The van der Waals surface area contributed by atoms with Gasteiger partial charge in [0.15, 0.2) is 0 Å². The molecular weight excluding hydrogens is 449 g/mol. The highest BCUT2D eigenvalue weighted by atomic mass is 35.5. The summed E-state index contributed by atoms with van der Waals surface area (Å²) in [5, 5.41) is 7.01. The number of hydrogen-bond donors (Lipinski definition) is 2. The molecule has 34 heavy (non-hydrogen) atoms. The Morgan fingerprint density at radius 1 is 0.882 bits per heavy atom. The number of halogens is 2. The highest BCUT2D eigenvalue weighted by Gasteiger charge is 2.14. The lowest BCUT2D eigenvalue weighted by Gasteiger charge is -2.22. The molecule has 0 spiro atoms. The largest absolute Gasteiger partial charge is 0.354 e. The van der Waals surface area contributed by atoms with Crippen molar-refractivity contribution < 1.29 is 4.39 Å². The quantitative estimate of drug-likeness (QED) is 0.296. The van der Waals surface area contributed by atoms with Gasteiger partial charge in [-0.2, -0.15) is 0 Å². The summed E-state index contributed by atoms with van der Waals surface area (Å²) in [6.07, 6.45) is 6.15. The number of pyridine rings is 1. The van der Waals surface area contributed by atoms with Gasteiger partial charge in [0.2, 0.25) is 5.95 Å². The second-order valence-electron chi connectivity index (χ2n) is 8.20. The first-order chi connectivity index (χ1) is 16.1. The van der Waals surface area contributed by atoms with Gasteiger partial charge in [0.1, 0.15) is 5.82 Å². The fourth-order valence-electron chi connectivity index (χ4n) is 3.80. The van der Waals surface area contributed by atoms with Crippen LogP contribution >= 0.6 is 12.4 Å². The van der Waals surface area contributed by atoms with Crippen molar-refractivity contribution in [2.45, 2.75) is 32.4 Å². The topological polar surface area (TPSA) is 62.7 Å². The molecule has 1 atom stereocenters. The van der Waals surface area contributed by atoms with E-state index in [0.29, 0.717) is 18.5 Å². The molecule has 7 heteroatoms. The van der Waals surface area contributed by atoms with Gasteiger partial charge in [0, 0.05) is 48.3 Å². The minimum absolute atomic E-state index is 0. The molecule has 4 rings (SSSR count). The first-order valence-electron chi connectivity index (χ1n) is 11.2. The third kappa shape index (κ3) is 6.59. The van der Waals surface area contributed by atoms with E-state index in [1.165, 1.54) is 17.7 Å². The maximum atomic E-state index is 13.4. The molecule has 4 aromatic rings. The Morgan fingerprint density at radius 2 is 1.59 bits per heavy atom. The van der Waals surface area contributed by atoms with Crippen LogP contribution in [-0.4, -0.2) is 27.5 Å². The smallest absolute Gasteiger partial charge is 0.223 e. The lowest BCUT2D eigenvalue weighted by atomic mass is 10.0. The van der Waals surface area contributed by atoms with E-state index in [2.05, 4.69) is 58.7 Å². The summed E-state index contributed by atoms with van der Waals surface area (Å²) in [5.74, 6) is 0.287. The van der Waals surface area contributed by atoms with Crippen molar-refractivity contribution in [3.63, 3.8) is 0 Å². The molecule has 0 radical (unpaired) electrons. The second-order valence-corrected chi connectivity index (χ2v) is 8.20. The van der Waals surface area contributed by atoms with Crippen LogP contribution < -0.4 is 10.6 Å². The first kappa shape index (κ1) is 25.3. The van der Waals surface area contributed by atoms with Crippen LogP contribution in [0.1, 0.15) is 31.9 Å². The Labute approximate surface area is 206 Å². The third-order valence-electron chi connectivity index (χ3n) is 5.35. The number of benzene rings is 2. The molecule has 2 aromatic carbocycles. The first-order valence-corrected chi connectivity index (χ1v) is 11.2. The van der Waals surface area contributed by atoms with Gasteiger partial charge in [-0.25, -0.2) is 14.4 Å². The highest BCUT2D eigenvalue weighted by molar-refractivity contribution is 5.85. The van der Waals surface area contributed by atoms with Gasteiger partial charge in [-0.05, 0) is 41.8 Å². The summed E-state index contributed by atoms with van der Waals surface area (Å²) in [6, 6.07) is 21.3. The number of nitrogens with zero attached hydrogens (tertiary/aromatic N) is 3. The molecule has 2 aromatic heterocycles. The molecule has 5 nitrogen and oxygen atoms in total. The molecule has 2 heterocycles. The SMILES string of the molecule is CC(C)NC(CCNc1ncc(-c2ccc(F)cc2)c(-c2ccncc2)n1)c1ccccc1.Cl. The molecule has 0 saturated carbocycles. The standard InChI is InChI=1S/C27H28FN5.ClH/c1-19(2)32-25(21-6-4-3-5-7-21)14-17-30-27-31-18-24(20-8-10-23(28)11-9-20)26(33-27)22-12-15-29-16-13-22;/h3-13,15-16,18-19,25,32H,14,17H2,1-2H3,(H,30,31,33);1H. The van der Waals surface area contributed by atoms with Gasteiger partial charge in [-0.3, -0.25) is 4.98 Å². The van der Waals surface area contributed by atoms with E-state index in [0.717, 1.165) is 28.8 Å². The molecule has 0 fully saturated rings. The summed E-state index contributed by atoms with van der Waals surface area (Å²) in [5.41, 5.74) is 4.67.